The van der Waals surface area contributed by atoms with E-state index in [2.05, 4.69) is 68.6 Å². The molecule has 100 valence electrons. The standard InChI is InChI=1S/C17H22N2/c1-12-6-4-8-15(10-12)17(11-18)19-16-9-5-7-13(2)14(16)3/h4-10,17,19H,11,18H2,1-3H3. The van der Waals surface area contributed by atoms with Gasteiger partial charge < -0.3 is 11.1 Å². The van der Waals surface area contributed by atoms with E-state index in [0.717, 1.165) is 5.69 Å². The normalized spacial score (nSPS) is 12.2. The zero-order valence-corrected chi connectivity index (χ0v) is 11.9. The number of anilines is 1. The molecule has 1 atom stereocenters. The lowest BCUT2D eigenvalue weighted by molar-refractivity contribution is 0.787. The fourth-order valence-corrected chi connectivity index (χ4v) is 2.26. The second-order valence-corrected chi connectivity index (χ2v) is 5.09. The summed E-state index contributed by atoms with van der Waals surface area (Å²) in [5, 5.41) is 3.56. The maximum atomic E-state index is 5.93. The van der Waals surface area contributed by atoms with E-state index in [-0.39, 0.29) is 6.04 Å². The van der Waals surface area contributed by atoms with Crippen LogP contribution < -0.4 is 11.1 Å². The van der Waals surface area contributed by atoms with Crippen molar-refractivity contribution in [1.82, 2.24) is 0 Å². The Labute approximate surface area is 115 Å². The molecule has 3 N–H and O–H groups in total. The van der Waals surface area contributed by atoms with Gasteiger partial charge in [-0.05, 0) is 43.5 Å². The summed E-state index contributed by atoms with van der Waals surface area (Å²) in [4.78, 5) is 0. The van der Waals surface area contributed by atoms with Gasteiger partial charge in [0.2, 0.25) is 0 Å². The molecule has 2 rings (SSSR count). The molecule has 0 amide bonds. The van der Waals surface area contributed by atoms with Crippen LogP contribution in [0.4, 0.5) is 5.69 Å². The molecule has 0 radical (unpaired) electrons. The molecule has 0 spiro atoms. The molecular weight excluding hydrogens is 232 g/mol. The fourth-order valence-electron chi connectivity index (χ4n) is 2.26. The van der Waals surface area contributed by atoms with Gasteiger partial charge in [0.25, 0.3) is 0 Å². The van der Waals surface area contributed by atoms with E-state index in [9.17, 15) is 0 Å². The quantitative estimate of drug-likeness (QED) is 0.872. The van der Waals surface area contributed by atoms with E-state index in [1.54, 1.807) is 0 Å². The minimum absolute atomic E-state index is 0.153. The first-order valence-corrected chi connectivity index (χ1v) is 6.71. The number of hydrogen-bond donors (Lipinski definition) is 2. The Morgan fingerprint density at radius 2 is 1.79 bits per heavy atom. The first-order valence-electron chi connectivity index (χ1n) is 6.71. The molecule has 0 aliphatic rings. The molecule has 1 unspecified atom stereocenters. The van der Waals surface area contributed by atoms with Gasteiger partial charge in [-0.3, -0.25) is 0 Å². The van der Waals surface area contributed by atoms with E-state index in [0.29, 0.717) is 6.54 Å². The van der Waals surface area contributed by atoms with Crippen LogP contribution in [-0.4, -0.2) is 6.54 Å². The van der Waals surface area contributed by atoms with Crippen molar-refractivity contribution in [2.75, 3.05) is 11.9 Å². The van der Waals surface area contributed by atoms with Crippen molar-refractivity contribution in [2.45, 2.75) is 26.8 Å². The monoisotopic (exact) mass is 254 g/mol. The predicted molar refractivity (Wildman–Crippen MR) is 82.5 cm³/mol. The molecule has 2 aromatic carbocycles. The molecule has 19 heavy (non-hydrogen) atoms. The van der Waals surface area contributed by atoms with Crippen LogP contribution in [-0.2, 0) is 0 Å². The zero-order valence-electron chi connectivity index (χ0n) is 11.9. The predicted octanol–water partition coefficient (Wildman–Crippen LogP) is 3.72. The molecule has 0 aromatic heterocycles. The molecule has 0 fully saturated rings. The van der Waals surface area contributed by atoms with Gasteiger partial charge in [-0.1, -0.05) is 42.0 Å². The number of rotatable bonds is 4. The maximum absolute atomic E-state index is 5.93. The molecule has 0 saturated carbocycles. The van der Waals surface area contributed by atoms with E-state index in [1.807, 2.05) is 0 Å². The lowest BCUT2D eigenvalue weighted by atomic mass is 10.0. The van der Waals surface area contributed by atoms with Gasteiger partial charge in [-0.25, -0.2) is 0 Å². The van der Waals surface area contributed by atoms with Crippen LogP contribution in [0.5, 0.6) is 0 Å². The van der Waals surface area contributed by atoms with Crippen molar-refractivity contribution in [3.8, 4) is 0 Å². The van der Waals surface area contributed by atoms with Crippen molar-refractivity contribution in [3.05, 3.63) is 64.7 Å². The van der Waals surface area contributed by atoms with Crippen molar-refractivity contribution < 1.29 is 0 Å². The highest BCUT2D eigenvalue weighted by Crippen LogP contribution is 2.24. The van der Waals surface area contributed by atoms with Gasteiger partial charge in [-0.2, -0.15) is 0 Å². The second-order valence-electron chi connectivity index (χ2n) is 5.09. The topological polar surface area (TPSA) is 38.0 Å². The SMILES string of the molecule is Cc1cccc(C(CN)Nc2cccc(C)c2C)c1. The van der Waals surface area contributed by atoms with Crippen LogP contribution in [0.1, 0.15) is 28.3 Å². The Hall–Kier alpha value is -1.80. The van der Waals surface area contributed by atoms with Crippen LogP contribution in [0.15, 0.2) is 42.5 Å². The van der Waals surface area contributed by atoms with Gasteiger partial charge in [0.05, 0.1) is 6.04 Å². The largest absolute Gasteiger partial charge is 0.377 e. The fraction of sp³-hybridized carbons (Fsp3) is 0.294. The van der Waals surface area contributed by atoms with Crippen LogP contribution in [0.3, 0.4) is 0 Å². The highest BCUT2D eigenvalue weighted by atomic mass is 14.9. The molecule has 0 bridgehead atoms. The minimum Gasteiger partial charge on any atom is -0.377 e. The third-order valence-corrected chi connectivity index (χ3v) is 3.61. The van der Waals surface area contributed by atoms with Gasteiger partial charge in [-0.15, -0.1) is 0 Å². The lowest BCUT2D eigenvalue weighted by Crippen LogP contribution is -2.21. The third-order valence-electron chi connectivity index (χ3n) is 3.61. The summed E-state index contributed by atoms with van der Waals surface area (Å²) < 4.78 is 0. The van der Waals surface area contributed by atoms with E-state index < -0.39 is 0 Å². The molecular formula is C17H22N2. The summed E-state index contributed by atoms with van der Waals surface area (Å²) in [6.45, 7) is 6.96. The molecule has 0 heterocycles. The minimum atomic E-state index is 0.153. The number of nitrogens with one attached hydrogen (secondary N) is 1. The van der Waals surface area contributed by atoms with E-state index >= 15 is 0 Å². The number of aryl methyl sites for hydroxylation is 2. The molecule has 0 aliphatic carbocycles. The summed E-state index contributed by atoms with van der Waals surface area (Å²) >= 11 is 0. The molecule has 0 saturated heterocycles. The molecule has 0 aliphatic heterocycles. The summed E-state index contributed by atoms with van der Waals surface area (Å²) in [5.41, 5.74) is 12.2. The first kappa shape index (κ1) is 13.6. The summed E-state index contributed by atoms with van der Waals surface area (Å²) in [7, 11) is 0. The average Bonchev–Trinajstić information content (AvgIpc) is 2.40. The van der Waals surface area contributed by atoms with E-state index in [4.69, 9.17) is 5.73 Å². The van der Waals surface area contributed by atoms with E-state index in [1.165, 1.54) is 22.3 Å². The molecule has 2 aromatic rings. The average molecular weight is 254 g/mol. The summed E-state index contributed by atoms with van der Waals surface area (Å²) in [6, 6.07) is 15.0. The van der Waals surface area contributed by atoms with Crippen molar-refractivity contribution >= 4 is 5.69 Å². The van der Waals surface area contributed by atoms with Gasteiger partial charge in [0.1, 0.15) is 0 Å². The second kappa shape index (κ2) is 5.89. The van der Waals surface area contributed by atoms with Gasteiger partial charge in [0, 0.05) is 12.2 Å². The Balaban J connectivity index is 2.26. The van der Waals surface area contributed by atoms with Crippen LogP contribution in [0.25, 0.3) is 0 Å². The summed E-state index contributed by atoms with van der Waals surface area (Å²) in [5.74, 6) is 0. The van der Waals surface area contributed by atoms with Crippen molar-refractivity contribution in [2.24, 2.45) is 5.73 Å². The van der Waals surface area contributed by atoms with Gasteiger partial charge >= 0.3 is 0 Å². The number of hydrogen-bond acceptors (Lipinski definition) is 2. The van der Waals surface area contributed by atoms with Crippen LogP contribution >= 0.6 is 0 Å². The Morgan fingerprint density at radius 1 is 1.05 bits per heavy atom. The molecule has 2 nitrogen and oxygen atoms in total. The third kappa shape index (κ3) is 3.15. The zero-order chi connectivity index (χ0) is 13.8. The maximum Gasteiger partial charge on any atom is 0.0636 e. The highest BCUT2D eigenvalue weighted by Gasteiger charge is 2.11. The highest BCUT2D eigenvalue weighted by molar-refractivity contribution is 5.55. The number of nitrogens with two attached hydrogens (primary N) is 1. The van der Waals surface area contributed by atoms with Gasteiger partial charge in [0.15, 0.2) is 0 Å². The number of benzene rings is 2. The smallest absolute Gasteiger partial charge is 0.0636 e. The first-order chi connectivity index (χ1) is 9.11. The Morgan fingerprint density at radius 3 is 2.47 bits per heavy atom. The van der Waals surface area contributed by atoms with Crippen LogP contribution in [0, 0.1) is 20.8 Å². The Bertz CT molecular complexity index is 561. The van der Waals surface area contributed by atoms with Crippen molar-refractivity contribution in [3.63, 3.8) is 0 Å². The molecule has 2 heteroatoms. The Kier molecular flexibility index (Phi) is 4.23. The van der Waals surface area contributed by atoms with Crippen molar-refractivity contribution in [1.29, 1.82) is 0 Å². The lowest BCUT2D eigenvalue weighted by Gasteiger charge is -2.21. The van der Waals surface area contributed by atoms with Crippen LogP contribution in [0.2, 0.25) is 0 Å². The summed E-state index contributed by atoms with van der Waals surface area (Å²) in [6.07, 6.45) is 0.